The van der Waals surface area contributed by atoms with Crippen molar-refractivity contribution in [3.8, 4) is 0 Å². The molecule has 4 heteroatoms. The molecule has 2 nitrogen and oxygen atoms in total. The zero-order chi connectivity index (χ0) is 9.80. The summed E-state index contributed by atoms with van der Waals surface area (Å²) in [6.07, 6.45) is 2.25. The summed E-state index contributed by atoms with van der Waals surface area (Å²) in [7, 11) is 0. The fourth-order valence-electron chi connectivity index (χ4n) is 1.24. The predicted molar refractivity (Wildman–Crippen MR) is 55.3 cm³/mol. The van der Waals surface area contributed by atoms with E-state index >= 15 is 0 Å². The molecule has 0 spiro atoms. The first-order valence-electron chi connectivity index (χ1n) is 4.37. The normalized spacial score (nSPS) is 9.33. The maximum Gasteiger partial charge on any atom is 0.397 e. The van der Waals surface area contributed by atoms with E-state index in [4.69, 9.17) is 0 Å². The molecule has 1 heterocycles. The van der Waals surface area contributed by atoms with Crippen LogP contribution in [-0.2, 0) is 6.42 Å². The summed E-state index contributed by atoms with van der Waals surface area (Å²) in [5.41, 5.74) is 2.86. The molecular weight excluding hydrogens is 274 g/mol. The molecular formula is C11H10BrNOS. The molecule has 1 aromatic carbocycles. The first kappa shape index (κ1) is 12.1. The van der Waals surface area contributed by atoms with E-state index in [1.54, 1.807) is 10.8 Å². The number of nitrogens with zero attached hydrogens (tertiary/aromatic N) is 1. The van der Waals surface area contributed by atoms with E-state index in [1.165, 1.54) is 11.3 Å². The largest absolute Gasteiger partial charge is 1.00 e. The lowest BCUT2D eigenvalue weighted by atomic mass is 10.1. The van der Waals surface area contributed by atoms with Gasteiger partial charge in [0.2, 0.25) is 5.51 Å². The topological polar surface area (TPSA) is 20.9 Å². The minimum Gasteiger partial charge on any atom is -1.00 e. The van der Waals surface area contributed by atoms with Gasteiger partial charge in [0.1, 0.15) is 0 Å². The van der Waals surface area contributed by atoms with Crippen molar-refractivity contribution in [2.24, 2.45) is 0 Å². The molecule has 0 aliphatic rings. The molecule has 0 aliphatic carbocycles. The van der Waals surface area contributed by atoms with E-state index in [0.29, 0.717) is 6.42 Å². The smallest absolute Gasteiger partial charge is 0.397 e. The monoisotopic (exact) mass is 283 g/mol. The quantitative estimate of drug-likeness (QED) is 0.643. The van der Waals surface area contributed by atoms with Gasteiger partial charge < -0.3 is 17.0 Å². The third-order valence-corrected chi connectivity index (χ3v) is 2.59. The zero-order valence-electron chi connectivity index (χ0n) is 7.97. The van der Waals surface area contributed by atoms with Crippen molar-refractivity contribution in [2.75, 3.05) is 0 Å². The Morgan fingerprint density at radius 3 is 2.60 bits per heavy atom. The van der Waals surface area contributed by atoms with Crippen molar-refractivity contribution in [1.29, 1.82) is 0 Å². The second-order valence-electron chi connectivity index (χ2n) is 2.99. The van der Waals surface area contributed by atoms with Crippen LogP contribution in [0.2, 0.25) is 0 Å². The summed E-state index contributed by atoms with van der Waals surface area (Å²) in [4.78, 5) is 11.6. The summed E-state index contributed by atoms with van der Waals surface area (Å²) in [6.45, 7) is 0. The minimum atomic E-state index is 0. The van der Waals surface area contributed by atoms with Gasteiger partial charge >= 0.3 is 5.91 Å². The molecule has 0 saturated heterocycles. The number of rotatable bonds is 2. The van der Waals surface area contributed by atoms with Gasteiger partial charge in [-0.15, -0.1) is 4.57 Å². The average molecular weight is 284 g/mol. The highest BCUT2D eigenvalue weighted by Crippen LogP contribution is 1.99. The fraction of sp³-hybridized carbons (Fsp3) is 0.0909. The van der Waals surface area contributed by atoms with E-state index in [1.807, 2.05) is 41.2 Å². The molecule has 0 fully saturated rings. The lowest BCUT2D eigenvalue weighted by Crippen LogP contribution is -3.00. The number of benzene rings is 1. The molecule has 0 aliphatic heterocycles. The van der Waals surface area contributed by atoms with Gasteiger partial charge in [-0.3, -0.25) is 0 Å². The Kier molecular flexibility index (Phi) is 4.65. The van der Waals surface area contributed by atoms with Gasteiger partial charge in [-0.1, -0.05) is 41.7 Å². The maximum absolute atomic E-state index is 11.6. The number of aromatic nitrogens is 1. The van der Waals surface area contributed by atoms with Crippen LogP contribution in [0.1, 0.15) is 10.4 Å². The average Bonchev–Trinajstić information content (AvgIpc) is 2.72. The van der Waals surface area contributed by atoms with Crippen molar-refractivity contribution in [2.45, 2.75) is 6.42 Å². The Balaban J connectivity index is 0.00000112. The molecule has 0 unspecified atom stereocenters. The number of hydrogen-bond donors (Lipinski definition) is 0. The molecule has 78 valence electrons. The fourth-order valence-corrected chi connectivity index (χ4v) is 1.83. The van der Waals surface area contributed by atoms with Crippen LogP contribution in [-0.4, -0.2) is 5.91 Å². The molecule has 0 saturated carbocycles. The van der Waals surface area contributed by atoms with Crippen LogP contribution in [0.5, 0.6) is 0 Å². The molecule has 0 radical (unpaired) electrons. The molecule has 2 aromatic rings. The Morgan fingerprint density at radius 2 is 2.00 bits per heavy atom. The van der Waals surface area contributed by atoms with Gasteiger partial charge in [-0.25, -0.2) is 4.79 Å². The maximum atomic E-state index is 11.6. The molecule has 0 atom stereocenters. The van der Waals surface area contributed by atoms with Crippen LogP contribution >= 0.6 is 11.3 Å². The highest BCUT2D eigenvalue weighted by molar-refractivity contribution is 7.07. The number of carbonyl (C=O) groups is 1. The lowest BCUT2D eigenvalue weighted by Gasteiger charge is -1.93. The third-order valence-electron chi connectivity index (χ3n) is 1.96. The Bertz CT molecular complexity index is 413. The van der Waals surface area contributed by atoms with E-state index in [2.05, 4.69) is 0 Å². The van der Waals surface area contributed by atoms with Crippen LogP contribution < -0.4 is 21.5 Å². The number of thiazole rings is 1. The third kappa shape index (κ3) is 3.25. The standard InChI is InChI=1S/C11H10NOS.BrH/c13-11(12-6-7-14-9-12)8-10-4-2-1-3-5-10;/h1-7,9H,8H2;1H/q+1;/p-1. The second kappa shape index (κ2) is 5.78. The Hall–Kier alpha value is -1.00. The van der Waals surface area contributed by atoms with Crippen LogP contribution in [0.3, 0.4) is 0 Å². The molecule has 1 aromatic heterocycles. The Labute approximate surface area is 103 Å². The van der Waals surface area contributed by atoms with Crippen molar-refractivity contribution in [3.05, 3.63) is 53.0 Å². The predicted octanol–water partition coefficient (Wildman–Crippen LogP) is -1.08. The van der Waals surface area contributed by atoms with Gasteiger partial charge in [-0.05, 0) is 5.56 Å². The van der Waals surface area contributed by atoms with Crippen molar-refractivity contribution < 1.29 is 26.3 Å². The number of halogens is 1. The van der Waals surface area contributed by atoms with E-state index in [9.17, 15) is 4.79 Å². The second-order valence-corrected chi connectivity index (χ2v) is 3.75. The Morgan fingerprint density at radius 1 is 1.27 bits per heavy atom. The van der Waals surface area contributed by atoms with Crippen LogP contribution in [0, 0.1) is 0 Å². The SMILES string of the molecule is O=C(Cc1ccccc1)[n+]1ccsc1.[Br-]. The first-order valence-corrected chi connectivity index (χ1v) is 5.31. The van der Waals surface area contributed by atoms with Crippen molar-refractivity contribution >= 4 is 17.2 Å². The first-order chi connectivity index (χ1) is 6.86. The summed E-state index contributed by atoms with van der Waals surface area (Å²) >= 11 is 1.52. The van der Waals surface area contributed by atoms with Gasteiger partial charge in [0.25, 0.3) is 0 Å². The molecule has 0 amide bonds. The van der Waals surface area contributed by atoms with Crippen LogP contribution in [0.25, 0.3) is 0 Å². The lowest BCUT2D eigenvalue weighted by molar-refractivity contribution is -0.568. The zero-order valence-corrected chi connectivity index (χ0v) is 10.4. The molecule has 0 bridgehead atoms. The molecule has 15 heavy (non-hydrogen) atoms. The van der Waals surface area contributed by atoms with Crippen LogP contribution in [0.4, 0.5) is 0 Å². The molecule has 0 N–H and O–H groups in total. The van der Waals surface area contributed by atoms with Crippen molar-refractivity contribution in [3.63, 3.8) is 0 Å². The van der Waals surface area contributed by atoms with Gasteiger partial charge in [0.15, 0.2) is 6.20 Å². The number of hydrogen-bond acceptors (Lipinski definition) is 2. The van der Waals surface area contributed by atoms with Crippen LogP contribution in [0.15, 0.2) is 47.4 Å². The van der Waals surface area contributed by atoms with Gasteiger partial charge in [-0.2, -0.15) is 0 Å². The van der Waals surface area contributed by atoms with E-state index in [-0.39, 0.29) is 22.9 Å². The summed E-state index contributed by atoms with van der Waals surface area (Å²) < 4.78 is 1.62. The highest BCUT2D eigenvalue weighted by atomic mass is 79.9. The summed E-state index contributed by atoms with van der Waals surface area (Å²) in [5, 5.41) is 1.89. The summed E-state index contributed by atoms with van der Waals surface area (Å²) in [6, 6.07) is 9.77. The van der Waals surface area contributed by atoms with E-state index in [0.717, 1.165) is 5.56 Å². The highest BCUT2D eigenvalue weighted by Gasteiger charge is 2.14. The molecule has 2 rings (SSSR count). The van der Waals surface area contributed by atoms with Gasteiger partial charge in [0.05, 0.1) is 11.8 Å². The van der Waals surface area contributed by atoms with Crippen molar-refractivity contribution in [1.82, 2.24) is 0 Å². The minimum absolute atomic E-state index is 0. The summed E-state index contributed by atoms with van der Waals surface area (Å²) in [5.74, 6) is 0.109. The number of carbonyl (C=O) groups excluding carboxylic acids is 1. The van der Waals surface area contributed by atoms with Gasteiger partial charge in [0, 0.05) is 0 Å². The van der Waals surface area contributed by atoms with E-state index < -0.39 is 0 Å².